The first kappa shape index (κ1) is 8.75. The lowest BCUT2D eigenvalue weighted by Crippen LogP contribution is -2.00. The van der Waals surface area contributed by atoms with Crippen LogP contribution in [0.25, 0.3) is 11.0 Å². The molecule has 13 heavy (non-hydrogen) atoms. The van der Waals surface area contributed by atoms with Gasteiger partial charge in [-0.2, -0.15) is 0 Å². The first-order chi connectivity index (χ1) is 6.33. The maximum absolute atomic E-state index is 4.47. The summed E-state index contributed by atoms with van der Waals surface area (Å²) < 4.78 is 2.23. The van der Waals surface area contributed by atoms with E-state index in [9.17, 15) is 0 Å². The molecule has 3 heteroatoms. The Hall–Kier alpha value is -0.830. The molecule has 0 aliphatic rings. The van der Waals surface area contributed by atoms with Gasteiger partial charge in [0.25, 0.3) is 0 Å². The summed E-state index contributed by atoms with van der Waals surface area (Å²) in [4.78, 5) is 4.47. The Kier molecular flexibility index (Phi) is 2.36. The summed E-state index contributed by atoms with van der Waals surface area (Å²) in [5, 5.41) is 0.966. The van der Waals surface area contributed by atoms with Crippen molar-refractivity contribution in [3.8, 4) is 0 Å². The Balaban J connectivity index is 2.64. The van der Waals surface area contributed by atoms with Gasteiger partial charge < -0.3 is 4.57 Å². The zero-order valence-corrected chi connectivity index (χ0v) is 9.08. The smallest absolute Gasteiger partial charge is 0.106 e. The highest BCUT2D eigenvalue weighted by molar-refractivity contribution is 9.09. The van der Waals surface area contributed by atoms with E-state index in [1.165, 1.54) is 5.52 Å². The predicted octanol–water partition coefficient (Wildman–Crippen LogP) is 2.74. The van der Waals surface area contributed by atoms with Gasteiger partial charge in [0.2, 0.25) is 0 Å². The molecule has 0 aliphatic heterocycles. The van der Waals surface area contributed by atoms with Gasteiger partial charge in [-0.1, -0.05) is 28.1 Å². The van der Waals surface area contributed by atoms with Crippen molar-refractivity contribution in [2.45, 2.75) is 13.5 Å². The molecule has 0 atom stereocenters. The third-order valence-electron chi connectivity index (χ3n) is 2.15. The maximum Gasteiger partial charge on any atom is 0.106 e. The molecule has 1 aromatic heterocycles. The van der Waals surface area contributed by atoms with E-state index in [1.54, 1.807) is 0 Å². The first-order valence-electron chi connectivity index (χ1n) is 4.31. The fourth-order valence-corrected chi connectivity index (χ4v) is 1.92. The molecule has 2 rings (SSSR count). The van der Waals surface area contributed by atoms with Gasteiger partial charge in [-0.15, -0.1) is 0 Å². The van der Waals surface area contributed by atoms with Crippen molar-refractivity contribution in [3.05, 3.63) is 30.1 Å². The maximum atomic E-state index is 4.47. The minimum atomic E-state index is 0.966. The van der Waals surface area contributed by atoms with Crippen LogP contribution in [-0.2, 0) is 6.54 Å². The van der Waals surface area contributed by atoms with E-state index in [0.717, 1.165) is 23.2 Å². The van der Waals surface area contributed by atoms with Gasteiger partial charge in [0.1, 0.15) is 5.82 Å². The highest BCUT2D eigenvalue weighted by Crippen LogP contribution is 2.15. The quantitative estimate of drug-likeness (QED) is 0.737. The summed E-state index contributed by atoms with van der Waals surface area (Å²) >= 11 is 3.44. The third kappa shape index (κ3) is 1.48. The average molecular weight is 239 g/mol. The average Bonchev–Trinajstić information content (AvgIpc) is 2.44. The summed E-state index contributed by atoms with van der Waals surface area (Å²) in [6, 6.07) is 8.23. The molecule has 0 radical (unpaired) electrons. The van der Waals surface area contributed by atoms with E-state index in [4.69, 9.17) is 0 Å². The van der Waals surface area contributed by atoms with Crippen molar-refractivity contribution >= 4 is 27.0 Å². The molecule has 0 unspecified atom stereocenters. The van der Waals surface area contributed by atoms with Crippen LogP contribution in [0, 0.1) is 6.92 Å². The van der Waals surface area contributed by atoms with Crippen LogP contribution in [0.2, 0.25) is 0 Å². The number of alkyl halides is 1. The van der Waals surface area contributed by atoms with Crippen LogP contribution < -0.4 is 0 Å². The van der Waals surface area contributed by atoms with E-state index in [0.29, 0.717) is 0 Å². The zero-order chi connectivity index (χ0) is 9.26. The van der Waals surface area contributed by atoms with E-state index >= 15 is 0 Å². The van der Waals surface area contributed by atoms with Crippen molar-refractivity contribution in [1.29, 1.82) is 0 Å². The van der Waals surface area contributed by atoms with Crippen molar-refractivity contribution in [2.75, 3.05) is 5.33 Å². The standard InChI is InChI=1S/C10H11BrN2/c1-8-12-9-4-2-3-5-10(9)13(8)7-6-11/h2-5H,6-7H2,1H3. The molecular formula is C10H11BrN2. The number of para-hydroxylation sites is 2. The monoisotopic (exact) mass is 238 g/mol. The first-order valence-corrected chi connectivity index (χ1v) is 5.43. The van der Waals surface area contributed by atoms with E-state index in [2.05, 4.69) is 31.5 Å². The van der Waals surface area contributed by atoms with Crippen LogP contribution in [0.5, 0.6) is 0 Å². The van der Waals surface area contributed by atoms with Crippen LogP contribution in [-0.4, -0.2) is 14.9 Å². The Labute approximate surface area is 85.7 Å². The molecule has 0 N–H and O–H groups in total. The second-order valence-corrected chi connectivity index (χ2v) is 3.78. The van der Waals surface area contributed by atoms with Crippen molar-refractivity contribution in [2.24, 2.45) is 0 Å². The molecule has 0 saturated heterocycles. The molecule has 0 spiro atoms. The topological polar surface area (TPSA) is 17.8 Å². The Morgan fingerprint density at radius 2 is 2.15 bits per heavy atom. The van der Waals surface area contributed by atoms with Gasteiger partial charge in [-0.25, -0.2) is 4.98 Å². The molecule has 2 aromatic rings. The molecule has 68 valence electrons. The third-order valence-corrected chi connectivity index (χ3v) is 2.51. The lowest BCUT2D eigenvalue weighted by atomic mass is 10.3. The van der Waals surface area contributed by atoms with Crippen LogP contribution in [0.15, 0.2) is 24.3 Å². The van der Waals surface area contributed by atoms with Gasteiger partial charge in [0, 0.05) is 11.9 Å². The summed E-state index contributed by atoms with van der Waals surface area (Å²) in [7, 11) is 0. The summed E-state index contributed by atoms with van der Waals surface area (Å²) in [5.41, 5.74) is 2.31. The second kappa shape index (κ2) is 3.50. The molecule has 0 saturated carbocycles. The molecule has 1 aromatic carbocycles. The highest BCUT2D eigenvalue weighted by Gasteiger charge is 2.04. The number of aromatic nitrogens is 2. The molecule has 0 fully saturated rings. The Morgan fingerprint density at radius 3 is 2.92 bits per heavy atom. The number of rotatable bonds is 2. The van der Waals surface area contributed by atoms with Crippen LogP contribution in [0.3, 0.4) is 0 Å². The molecule has 1 heterocycles. The minimum Gasteiger partial charge on any atom is -0.327 e. The fraction of sp³-hybridized carbons (Fsp3) is 0.300. The number of hydrogen-bond acceptors (Lipinski definition) is 1. The molecule has 2 nitrogen and oxygen atoms in total. The predicted molar refractivity (Wildman–Crippen MR) is 58.3 cm³/mol. The van der Waals surface area contributed by atoms with E-state index in [-0.39, 0.29) is 0 Å². The number of imidazole rings is 1. The van der Waals surface area contributed by atoms with Crippen molar-refractivity contribution < 1.29 is 0 Å². The molecular weight excluding hydrogens is 228 g/mol. The van der Waals surface area contributed by atoms with Gasteiger partial charge in [0.15, 0.2) is 0 Å². The van der Waals surface area contributed by atoms with Crippen LogP contribution >= 0.6 is 15.9 Å². The van der Waals surface area contributed by atoms with Gasteiger partial charge >= 0.3 is 0 Å². The number of halogens is 1. The highest BCUT2D eigenvalue weighted by atomic mass is 79.9. The normalized spacial score (nSPS) is 10.9. The SMILES string of the molecule is Cc1nc2ccccc2n1CCBr. The van der Waals surface area contributed by atoms with Crippen molar-refractivity contribution in [1.82, 2.24) is 9.55 Å². The summed E-state index contributed by atoms with van der Waals surface area (Å²) in [6.45, 7) is 3.02. The largest absolute Gasteiger partial charge is 0.327 e. The van der Waals surface area contributed by atoms with E-state index < -0.39 is 0 Å². The number of benzene rings is 1. The zero-order valence-electron chi connectivity index (χ0n) is 7.50. The Morgan fingerprint density at radius 1 is 1.38 bits per heavy atom. The fourth-order valence-electron chi connectivity index (χ4n) is 1.56. The van der Waals surface area contributed by atoms with Gasteiger partial charge in [-0.3, -0.25) is 0 Å². The summed E-state index contributed by atoms with van der Waals surface area (Å²) in [5.74, 6) is 1.08. The number of hydrogen-bond donors (Lipinski definition) is 0. The van der Waals surface area contributed by atoms with Crippen molar-refractivity contribution in [3.63, 3.8) is 0 Å². The van der Waals surface area contributed by atoms with Crippen LogP contribution in [0.1, 0.15) is 5.82 Å². The molecule has 0 bridgehead atoms. The number of nitrogens with zero attached hydrogens (tertiary/aromatic N) is 2. The molecule has 0 amide bonds. The number of fused-ring (bicyclic) bond motifs is 1. The second-order valence-electron chi connectivity index (χ2n) is 2.99. The number of aryl methyl sites for hydroxylation is 2. The van der Waals surface area contributed by atoms with Crippen LogP contribution in [0.4, 0.5) is 0 Å². The van der Waals surface area contributed by atoms with Gasteiger partial charge in [0.05, 0.1) is 11.0 Å². The molecule has 0 aliphatic carbocycles. The lowest BCUT2D eigenvalue weighted by molar-refractivity contribution is 0.765. The van der Waals surface area contributed by atoms with Gasteiger partial charge in [-0.05, 0) is 19.1 Å². The summed E-state index contributed by atoms with van der Waals surface area (Å²) in [6.07, 6.45) is 0. The Bertz CT molecular complexity index is 420. The van der Waals surface area contributed by atoms with E-state index in [1.807, 2.05) is 25.1 Å². The lowest BCUT2D eigenvalue weighted by Gasteiger charge is -2.02. The minimum absolute atomic E-state index is 0.966.